The van der Waals surface area contributed by atoms with Gasteiger partial charge in [-0.2, -0.15) is 0 Å². The van der Waals surface area contributed by atoms with Crippen LogP contribution in [0.25, 0.3) is 20.2 Å². The lowest BCUT2D eigenvalue weighted by atomic mass is 10.1. The molecular formula is C21H26OS. The molecule has 23 heavy (non-hydrogen) atoms. The van der Waals surface area contributed by atoms with Gasteiger partial charge in [0.1, 0.15) is 5.75 Å². The molecule has 0 spiro atoms. The van der Waals surface area contributed by atoms with Crippen LogP contribution in [-0.2, 0) is 0 Å². The summed E-state index contributed by atoms with van der Waals surface area (Å²) in [6.07, 6.45) is 7.81. The summed E-state index contributed by atoms with van der Waals surface area (Å²) in [4.78, 5) is 0. The normalized spacial score (nSPS) is 11.4. The summed E-state index contributed by atoms with van der Waals surface area (Å²) in [5, 5.41) is 2.68. The van der Waals surface area contributed by atoms with Gasteiger partial charge in [0, 0.05) is 15.5 Å². The van der Waals surface area contributed by atoms with Crippen molar-refractivity contribution in [1.82, 2.24) is 0 Å². The predicted octanol–water partition coefficient (Wildman–Crippen LogP) is 7.10. The number of rotatable bonds is 8. The van der Waals surface area contributed by atoms with E-state index in [4.69, 9.17) is 4.74 Å². The molecular weight excluding hydrogens is 300 g/mol. The number of fused-ring (bicyclic) bond motifs is 3. The van der Waals surface area contributed by atoms with Gasteiger partial charge in [-0.05, 0) is 25.0 Å². The second kappa shape index (κ2) is 7.83. The first-order valence-electron chi connectivity index (χ1n) is 8.85. The number of hydrogen-bond acceptors (Lipinski definition) is 2. The standard InChI is InChI=1S/C21H26OS/c1-3-4-5-6-7-8-15-22-19-14-10-13-18-17-12-9-11-16(2)20(17)23-21(18)19/h9-14H,3-8,15H2,1-2H3. The van der Waals surface area contributed by atoms with Crippen LogP contribution in [-0.4, -0.2) is 6.61 Å². The molecule has 0 saturated carbocycles. The quantitative estimate of drug-likeness (QED) is 0.401. The molecule has 0 radical (unpaired) electrons. The molecule has 0 aliphatic carbocycles. The second-order valence-electron chi connectivity index (χ2n) is 6.30. The van der Waals surface area contributed by atoms with E-state index in [-0.39, 0.29) is 0 Å². The Bertz CT molecular complexity index is 772. The van der Waals surface area contributed by atoms with Crippen LogP contribution in [0.3, 0.4) is 0 Å². The monoisotopic (exact) mass is 326 g/mol. The maximum absolute atomic E-state index is 6.11. The van der Waals surface area contributed by atoms with Gasteiger partial charge in [0.05, 0.1) is 11.3 Å². The Morgan fingerprint density at radius 1 is 0.826 bits per heavy atom. The Morgan fingerprint density at radius 3 is 2.35 bits per heavy atom. The number of ether oxygens (including phenoxy) is 1. The molecule has 3 aromatic rings. The minimum atomic E-state index is 0.832. The zero-order valence-corrected chi connectivity index (χ0v) is 15.0. The van der Waals surface area contributed by atoms with Crippen LogP contribution >= 0.6 is 11.3 Å². The van der Waals surface area contributed by atoms with Crippen molar-refractivity contribution in [3.63, 3.8) is 0 Å². The van der Waals surface area contributed by atoms with E-state index in [1.54, 1.807) is 0 Å². The van der Waals surface area contributed by atoms with Gasteiger partial charge in [0.15, 0.2) is 0 Å². The Labute approximate surface area is 143 Å². The molecule has 1 aromatic heterocycles. The maximum atomic E-state index is 6.11. The SMILES string of the molecule is CCCCCCCCOc1cccc2c1sc1c(C)cccc12. The van der Waals surface area contributed by atoms with Gasteiger partial charge in [-0.15, -0.1) is 11.3 Å². The van der Waals surface area contributed by atoms with E-state index >= 15 is 0 Å². The molecule has 0 aliphatic heterocycles. The van der Waals surface area contributed by atoms with E-state index < -0.39 is 0 Å². The van der Waals surface area contributed by atoms with Crippen molar-refractivity contribution in [3.8, 4) is 5.75 Å². The molecule has 0 fully saturated rings. The second-order valence-corrected chi connectivity index (χ2v) is 7.32. The van der Waals surface area contributed by atoms with Crippen LogP contribution in [0.2, 0.25) is 0 Å². The topological polar surface area (TPSA) is 9.23 Å². The number of thiophene rings is 1. The fraction of sp³-hybridized carbons (Fsp3) is 0.429. The third-order valence-corrected chi connectivity index (χ3v) is 5.81. The van der Waals surface area contributed by atoms with Crippen LogP contribution in [0.15, 0.2) is 36.4 Å². The van der Waals surface area contributed by atoms with Crippen LogP contribution in [0, 0.1) is 6.92 Å². The van der Waals surface area contributed by atoms with Gasteiger partial charge in [0.25, 0.3) is 0 Å². The zero-order valence-electron chi connectivity index (χ0n) is 14.2. The molecule has 0 aliphatic rings. The molecule has 2 aromatic carbocycles. The first-order valence-corrected chi connectivity index (χ1v) is 9.66. The first-order chi connectivity index (χ1) is 11.3. The highest BCUT2D eigenvalue weighted by molar-refractivity contribution is 7.26. The van der Waals surface area contributed by atoms with Crippen molar-refractivity contribution >= 4 is 31.5 Å². The van der Waals surface area contributed by atoms with E-state index in [9.17, 15) is 0 Å². The third-order valence-electron chi connectivity index (χ3n) is 4.44. The van der Waals surface area contributed by atoms with Crippen LogP contribution in [0.5, 0.6) is 5.75 Å². The number of unbranched alkanes of at least 4 members (excludes halogenated alkanes) is 5. The lowest BCUT2D eigenvalue weighted by Gasteiger charge is -2.07. The highest BCUT2D eigenvalue weighted by Crippen LogP contribution is 2.40. The molecule has 0 N–H and O–H groups in total. The molecule has 3 rings (SSSR count). The van der Waals surface area contributed by atoms with Gasteiger partial charge < -0.3 is 4.74 Å². The zero-order chi connectivity index (χ0) is 16.1. The Balaban J connectivity index is 1.69. The van der Waals surface area contributed by atoms with Gasteiger partial charge in [-0.3, -0.25) is 0 Å². The molecule has 0 bridgehead atoms. The smallest absolute Gasteiger partial charge is 0.137 e. The minimum absolute atomic E-state index is 0.832. The maximum Gasteiger partial charge on any atom is 0.137 e. The molecule has 1 heterocycles. The highest BCUT2D eigenvalue weighted by Gasteiger charge is 2.10. The molecule has 2 heteroatoms. The molecule has 0 unspecified atom stereocenters. The van der Waals surface area contributed by atoms with Crippen LogP contribution < -0.4 is 4.74 Å². The van der Waals surface area contributed by atoms with Crippen molar-refractivity contribution in [2.75, 3.05) is 6.61 Å². The first kappa shape index (κ1) is 16.3. The fourth-order valence-corrected chi connectivity index (χ4v) is 4.35. The molecule has 0 atom stereocenters. The van der Waals surface area contributed by atoms with Gasteiger partial charge in [-0.25, -0.2) is 0 Å². The summed E-state index contributed by atoms with van der Waals surface area (Å²) in [5.74, 6) is 1.05. The van der Waals surface area contributed by atoms with Crippen molar-refractivity contribution in [2.45, 2.75) is 52.4 Å². The summed E-state index contributed by atoms with van der Waals surface area (Å²) < 4.78 is 8.79. The highest BCUT2D eigenvalue weighted by atomic mass is 32.1. The Hall–Kier alpha value is -1.54. The molecule has 122 valence electrons. The third kappa shape index (κ3) is 3.69. The minimum Gasteiger partial charge on any atom is -0.492 e. The summed E-state index contributed by atoms with van der Waals surface area (Å²) in [6, 6.07) is 13.0. The number of hydrogen-bond donors (Lipinski definition) is 0. The van der Waals surface area contributed by atoms with Crippen molar-refractivity contribution < 1.29 is 4.74 Å². The van der Waals surface area contributed by atoms with E-state index in [1.165, 1.54) is 57.8 Å². The summed E-state index contributed by atoms with van der Waals surface area (Å²) in [5.41, 5.74) is 1.35. The predicted molar refractivity (Wildman–Crippen MR) is 103 cm³/mol. The molecule has 0 saturated heterocycles. The van der Waals surface area contributed by atoms with Crippen LogP contribution in [0.1, 0.15) is 51.0 Å². The largest absolute Gasteiger partial charge is 0.492 e. The van der Waals surface area contributed by atoms with Crippen molar-refractivity contribution in [2.24, 2.45) is 0 Å². The average molecular weight is 327 g/mol. The molecule has 1 nitrogen and oxygen atoms in total. The van der Waals surface area contributed by atoms with Crippen molar-refractivity contribution in [1.29, 1.82) is 0 Å². The lowest BCUT2D eigenvalue weighted by molar-refractivity contribution is 0.308. The Kier molecular flexibility index (Phi) is 5.56. The summed E-state index contributed by atoms with van der Waals surface area (Å²) >= 11 is 1.86. The van der Waals surface area contributed by atoms with Gasteiger partial charge in [-0.1, -0.05) is 69.4 Å². The number of aryl methyl sites for hydroxylation is 1. The van der Waals surface area contributed by atoms with E-state index in [2.05, 4.69) is 50.2 Å². The summed E-state index contributed by atoms with van der Waals surface area (Å²) in [6.45, 7) is 5.28. The lowest BCUT2D eigenvalue weighted by Crippen LogP contribution is -1.97. The fourth-order valence-electron chi connectivity index (χ4n) is 3.11. The Morgan fingerprint density at radius 2 is 1.52 bits per heavy atom. The van der Waals surface area contributed by atoms with E-state index in [1.807, 2.05) is 11.3 Å². The van der Waals surface area contributed by atoms with Crippen LogP contribution in [0.4, 0.5) is 0 Å². The van der Waals surface area contributed by atoms with Gasteiger partial charge >= 0.3 is 0 Å². The number of benzene rings is 2. The van der Waals surface area contributed by atoms with E-state index in [0.29, 0.717) is 0 Å². The average Bonchev–Trinajstić information content (AvgIpc) is 2.95. The van der Waals surface area contributed by atoms with Crippen molar-refractivity contribution in [3.05, 3.63) is 42.0 Å². The van der Waals surface area contributed by atoms with Gasteiger partial charge in [0.2, 0.25) is 0 Å². The summed E-state index contributed by atoms with van der Waals surface area (Å²) in [7, 11) is 0. The molecule has 0 amide bonds. The van der Waals surface area contributed by atoms with E-state index in [0.717, 1.165) is 18.8 Å².